The van der Waals surface area contributed by atoms with Gasteiger partial charge in [-0.1, -0.05) is 41.4 Å². The predicted molar refractivity (Wildman–Crippen MR) is 135 cm³/mol. The van der Waals surface area contributed by atoms with Gasteiger partial charge in [-0.05, 0) is 44.5 Å². The maximum Gasteiger partial charge on any atom is 0.342 e. The molecule has 1 N–H and O–H groups in total. The number of nitrogens with zero attached hydrogens (tertiary/aromatic N) is 1. The van der Waals surface area contributed by atoms with Crippen LogP contribution in [0, 0.1) is 29.9 Å². The Hall–Kier alpha value is -3.38. The number of nitriles is 1. The summed E-state index contributed by atoms with van der Waals surface area (Å²) in [6.07, 6.45) is 0. The highest BCUT2D eigenvalue weighted by Gasteiger charge is 2.16. The van der Waals surface area contributed by atoms with Gasteiger partial charge >= 0.3 is 5.97 Å². The van der Waals surface area contributed by atoms with Crippen molar-refractivity contribution in [2.45, 2.75) is 20.8 Å². The van der Waals surface area contributed by atoms with Crippen LogP contribution in [0.15, 0.2) is 48.5 Å². The van der Waals surface area contributed by atoms with Crippen LogP contribution in [0.3, 0.4) is 0 Å². The van der Waals surface area contributed by atoms with Crippen molar-refractivity contribution in [1.82, 2.24) is 0 Å². The Balaban J connectivity index is 0.000000297. The second-order valence-corrected chi connectivity index (χ2v) is 7.86. The van der Waals surface area contributed by atoms with Crippen molar-refractivity contribution >= 4 is 40.5 Å². The van der Waals surface area contributed by atoms with Crippen LogP contribution in [0.4, 0.5) is 20.2 Å². The highest BCUT2D eigenvalue weighted by Crippen LogP contribution is 2.36. The molecule has 0 atom stereocenters. The van der Waals surface area contributed by atoms with E-state index in [1.165, 1.54) is 6.07 Å². The van der Waals surface area contributed by atoms with Gasteiger partial charge in [0, 0.05) is 18.7 Å². The van der Waals surface area contributed by atoms with Crippen LogP contribution in [-0.4, -0.2) is 26.0 Å². The number of hydrogen-bond donors (Lipinski definition) is 1. The molecule has 0 fully saturated rings. The van der Waals surface area contributed by atoms with E-state index in [2.05, 4.69) is 5.32 Å². The van der Waals surface area contributed by atoms with Gasteiger partial charge in [-0.3, -0.25) is 0 Å². The SMILES string of the molecule is CCOCOC(=O)c1ccccc1Nc1c(Cl)ccc(C)c1Cl.CCOc1cc(F)c(C#N)c(F)c1. The molecule has 10 heteroatoms. The van der Waals surface area contributed by atoms with Crippen molar-refractivity contribution in [2.24, 2.45) is 0 Å². The fourth-order valence-corrected chi connectivity index (χ4v) is 3.30. The molecule has 36 heavy (non-hydrogen) atoms. The lowest BCUT2D eigenvalue weighted by Crippen LogP contribution is -2.11. The summed E-state index contributed by atoms with van der Waals surface area (Å²) in [4.78, 5) is 12.2. The minimum absolute atomic E-state index is 0.0877. The molecule has 0 radical (unpaired) electrons. The van der Waals surface area contributed by atoms with Gasteiger partial charge in [-0.15, -0.1) is 0 Å². The summed E-state index contributed by atoms with van der Waals surface area (Å²) in [5, 5.41) is 12.4. The molecule has 0 unspecified atom stereocenters. The van der Waals surface area contributed by atoms with E-state index in [0.717, 1.165) is 17.7 Å². The van der Waals surface area contributed by atoms with Crippen LogP contribution in [0.2, 0.25) is 10.0 Å². The Kier molecular flexibility index (Phi) is 11.4. The van der Waals surface area contributed by atoms with Gasteiger partial charge in [-0.2, -0.15) is 5.26 Å². The fourth-order valence-electron chi connectivity index (χ4n) is 2.84. The summed E-state index contributed by atoms with van der Waals surface area (Å²) >= 11 is 12.5. The van der Waals surface area contributed by atoms with E-state index >= 15 is 0 Å². The topological polar surface area (TPSA) is 80.6 Å². The van der Waals surface area contributed by atoms with Gasteiger partial charge in [0.15, 0.2) is 6.79 Å². The summed E-state index contributed by atoms with van der Waals surface area (Å²) in [7, 11) is 0. The maximum atomic E-state index is 12.9. The van der Waals surface area contributed by atoms with Gasteiger partial charge in [0.2, 0.25) is 0 Å². The van der Waals surface area contributed by atoms with Crippen LogP contribution in [-0.2, 0) is 9.47 Å². The first kappa shape index (κ1) is 28.9. The molecule has 0 amide bonds. The zero-order valence-corrected chi connectivity index (χ0v) is 21.3. The largest absolute Gasteiger partial charge is 0.494 e. The van der Waals surface area contributed by atoms with Gasteiger partial charge in [0.1, 0.15) is 29.0 Å². The normalized spacial score (nSPS) is 10.1. The van der Waals surface area contributed by atoms with Crippen molar-refractivity contribution in [1.29, 1.82) is 5.26 Å². The number of carbonyl (C=O) groups is 1. The fraction of sp³-hybridized carbons (Fsp3) is 0.231. The summed E-state index contributed by atoms with van der Waals surface area (Å²) in [5.74, 6) is -2.19. The first-order chi connectivity index (χ1) is 17.2. The summed E-state index contributed by atoms with van der Waals surface area (Å²) in [5.41, 5.74) is 1.79. The maximum absolute atomic E-state index is 12.9. The number of para-hydroxylation sites is 1. The lowest BCUT2D eigenvalue weighted by Gasteiger charge is -2.15. The van der Waals surface area contributed by atoms with E-state index in [4.69, 9.17) is 42.7 Å². The van der Waals surface area contributed by atoms with Crippen LogP contribution in [0.25, 0.3) is 0 Å². The number of esters is 1. The van der Waals surface area contributed by atoms with Crippen molar-refractivity contribution in [3.05, 3.63) is 86.9 Å². The van der Waals surface area contributed by atoms with Gasteiger partial charge in [-0.25, -0.2) is 13.6 Å². The number of ether oxygens (including phenoxy) is 3. The minimum Gasteiger partial charge on any atom is -0.494 e. The average Bonchev–Trinajstić information content (AvgIpc) is 2.85. The molecular weight excluding hydrogens is 513 g/mol. The Labute approximate surface area is 218 Å². The van der Waals surface area contributed by atoms with Gasteiger partial charge in [0.25, 0.3) is 0 Å². The second kappa shape index (κ2) is 14.2. The predicted octanol–water partition coefficient (Wildman–Crippen LogP) is 7.43. The highest BCUT2D eigenvalue weighted by molar-refractivity contribution is 6.39. The molecule has 0 aromatic heterocycles. The number of anilines is 2. The third kappa shape index (κ3) is 7.82. The van der Waals surface area contributed by atoms with Crippen LogP contribution < -0.4 is 10.1 Å². The van der Waals surface area contributed by atoms with Gasteiger partial charge in [0.05, 0.1) is 33.6 Å². The lowest BCUT2D eigenvalue weighted by molar-refractivity contribution is -0.0273. The highest BCUT2D eigenvalue weighted by atomic mass is 35.5. The Morgan fingerprint density at radius 3 is 2.33 bits per heavy atom. The smallest absolute Gasteiger partial charge is 0.342 e. The molecule has 0 spiro atoms. The molecule has 0 saturated carbocycles. The summed E-state index contributed by atoms with van der Waals surface area (Å²) in [6.45, 7) is 6.12. The molecule has 0 bridgehead atoms. The number of carbonyl (C=O) groups excluding carboxylic acids is 1. The average molecular weight is 537 g/mol. The number of rotatable bonds is 8. The van der Waals surface area contributed by atoms with E-state index in [1.54, 1.807) is 37.3 Å². The second-order valence-electron chi connectivity index (χ2n) is 7.07. The molecule has 6 nitrogen and oxygen atoms in total. The van der Waals surface area contributed by atoms with Crippen molar-refractivity contribution in [3.8, 4) is 11.8 Å². The molecule has 3 aromatic rings. The Morgan fingerprint density at radius 2 is 1.72 bits per heavy atom. The van der Waals surface area contributed by atoms with Crippen LogP contribution >= 0.6 is 23.2 Å². The third-order valence-corrected chi connectivity index (χ3v) is 5.41. The zero-order chi connectivity index (χ0) is 26.7. The monoisotopic (exact) mass is 536 g/mol. The molecule has 0 aliphatic heterocycles. The number of halogens is 4. The van der Waals surface area contributed by atoms with Crippen LogP contribution in [0.5, 0.6) is 5.75 Å². The molecule has 0 heterocycles. The van der Waals surface area contributed by atoms with Gasteiger partial charge < -0.3 is 19.5 Å². The molecule has 190 valence electrons. The van der Waals surface area contributed by atoms with E-state index < -0.39 is 23.2 Å². The Morgan fingerprint density at radius 1 is 1.06 bits per heavy atom. The van der Waals surface area contributed by atoms with E-state index in [0.29, 0.717) is 40.2 Å². The molecule has 0 aliphatic carbocycles. The summed E-state index contributed by atoms with van der Waals surface area (Å²) < 4.78 is 40.8. The first-order valence-corrected chi connectivity index (χ1v) is 11.6. The number of aryl methyl sites for hydroxylation is 1. The Bertz CT molecular complexity index is 1230. The first-order valence-electron chi connectivity index (χ1n) is 10.8. The van der Waals surface area contributed by atoms with E-state index in [1.807, 2.05) is 19.9 Å². The number of hydrogen-bond acceptors (Lipinski definition) is 6. The van der Waals surface area contributed by atoms with E-state index in [9.17, 15) is 13.6 Å². The molecule has 3 rings (SSSR count). The van der Waals surface area contributed by atoms with Crippen molar-refractivity contribution < 1.29 is 27.8 Å². The lowest BCUT2D eigenvalue weighted by atomic mass is 10.1. The number of benzene rings is 3. The zero-order valence-electron chi connectivity index (χ0n) is 19.8. The van der Waals surface area contributed by atoms with Crippen molar-refractivity contribution in [3.63, 3.8) is 0 Å². The molecule has 3 aromatic carbocycles. The minimum atomic E-state index is -0.897. The molecule has 0 aliphatic rings. The van der Waals surface area contributed by atoms with Crippen molar-refractivity contribution in [2.75, 3.05) is 25.3 Å². The standard InChI is InChI=1S/C17H17Cl2NO3.C9H7F2NO/c1-3-22-10-23-17(21)12-6-4-5-7-14(12)20-16-13(18)9-8-11(2)15(16)19;1-2-13-6-3-8(10)7(5-12)9(11)4-6/h4-9,20H,3,10H2,1-2H3;3-4H,2H2,1H3. The molecule has 0 saturated heterocycles. The molecular formula is C26H24Cl2F2N2O4. The van der Waals surface area contributed by atoms with Crippen LogP contribution in [0.1, 0.15) is 35.3 Å². The quantitative estimate of drug-likeness (QED) is 0.183. The van der Waals surface area contributed by atoms with E-state index in [-0.39, 0.29) is 12.5 Å². The number of nitrogens with one attached hydrogen (secondary N) is 1. The summed E-state index contributed by atoms with van der Waals surface area (Å²) in [6, 6.07) is 14.0. The third-order valence-electron chi connectivity index (χ3n) is 4.61.